The number of hydrogen-bond acceptors (Lipinski definition) is 4. The molecule has 2 fully saturated rings. The minimum atomic E-state index is -3.90. The maximum atomic E-state index is 15.3. The van der Waals surface area contributed by atoms with Gasteiger partial charge in [0.05, 0.1) is 18.0 Å². The first-order chi connectivity index (χ1) is 13.2. The zero-order chi connectivity index (χ0) is 20.5. The number of nitrogens with one attached hydrogen (secondary N) is 1. The van der Waals surface area contributed by atoms with E-state index in [1.807, 2.05) is 20.8 Å². The van der Waals surface area contributed by atoms with Gasteiger partial charge in [-0.3, -0.25) is 0 Å². The lowest BCUT2D eigenvalue weighted by molar-refractivity contribution is -0.135. The van der Waals surface area contributed by atoms with Gasteiger partial charge in [0.2, 0.25) is 10.0 Å². The second-order valence-electron chi connectivity index (χ2n) is 7.73. The van der Waals surface area contributed by atoms with Crippen LogP contribution in [0.25, 0.3) is 0 Å². The van der Waals surface area contributed by atoms with E-state index in [2.05, 4.69) is 5.32 Å². The summed E-state index contributed by atoms with van der Waals surface area (Å²) in [7, 11) is -3.90. The lowest BCUT2D eigenvalue weighted by atomic mass is 9.99. The normalized spacial score (nSPS) is 27.3. The van der Waals surface area contributed by atoms with Gasteiger partial charge in [-0.2, -0.15) is 4.31 Å². The van der Waals surface area contributed by atoms with Crippen LogP contribution in [0.15, 0.2) is 35.2 Å². The van der Waals surface area contributed by atoms with Crippen molar-refractivity contribution in [2.24, 2.45) is 5.92 Å². The third-order valence-electron chi connectivity index (χ3n) is 5.65. The molecule has 2 aliphatic heterocycles. The van der Waals surface area contributed by atoms with Gasteiger partial charge in [-0.25, -0.2) is 17.6 Å². The Bertz CT molecular complexity index is 805. The van der Waals surface area contributed by atoms with Gasteiger partial charge >= 0.3 is 6.03 Å². The number of amides is 2. The minimum Gasteiger partial charge on any atom is -0.355 e. The highest BCUT2D eigenvalue weighted by atomic mass is 32.2. The molecule has 2 unspecified atom stereocenters. The summed E-state index contributed by atoms with van der Waals surface area (Å²) in [6.07, 6.45) is -1.55. The van der Waals surface area contributed by atoms with E-state index < -0.39 is 21.9 Å². The molecule has 2 aliphatic rings. The lowest BCUT2D eigenvalue weighted by Gasteiger charge is -2.45. The van der Waals surface area contributed by atoms with Crippen molar-refractivity contribution in [3.8, 4) is 0 Å². The Morgan fingerprint density at radius 3 is 2.54 bits per heavy atom. The molecule has 28 heavy (non-hydrogen) atoms. The summed E-state index contributed by atoms with van der Waals surface area (Å²) < 4.78 is 48.3. The quantitative estimate of drug-likeness (QED) is 0.821. The first-order valence-corrected chi connectivity index (χ1v) is 11.0. The monoisotopic (exact) mass is 413 g/mol. The molecule has 0 aromatic heterocycles. The Morgan fingerprint density at radius 1 is 1.25 bits per heavy atom. The second kappa shape index (κ2) is 7.96. The van der Waals surface area contributed by atoms with Crippen molar-refractivity contribution in [2.75, 3.05) is 26.2 Å². The van der Waals surface area contributed by atoms with Crippen LogP contribution in [0.3, 0.4) is 0 Å². The molecule has 1 aromatic carbocycles. The number of ether oxygens (including phenoxy) is 1. The van der Waals surface area contributed by atoms with Crippen molar-refractivity contribution >= 4 is 16.1 Å². The number of nitrogens with zero attached hydrogens (tertiary/aromatic N) is 2. The van der Waals surface area contributed by atoms with E-state index >= 15 is 4.39 Å². The zero-order valence-corrected chi connectivity index (χ0v) is 17.3. The first-order valence-electron chi connectivity index (χ1n) is 9.60. The first kappa shape index (κ1) is 21.0. The number of urea groups is 1. The van der Waals surface area contributed by atoms with Crippen LogP contribution < -0.4 is 5.32 Å². The van der Waals surface area contributed by atoms with Crippen LogP contribution in [-0.4, -0.2) is 67.8 Å². The van der Waals surface area contributed by atoms with E-state index in [9.17, 15) is 13.2 Å². The van der Waals surface area contributed by atoms with Crippen LogP contribution >= 0.6 is 0 Å². The summed E-state index contributed by atoms with van der Waals surface area (Å²) in [5, 5.41) is 2.86. The SMILES string of the molecule is CC(C)[C@H](C)NC(=O)N1CCC2(OCCN2S(=O)(=O)c2ccccc2)C(F)C1. The van der Waals surface area contributed by atoms with Gasteiger partial charge in [-0.15, -0.1) is 0 Å². The standard InChI is InChI=1S/C19H28FN3O4S/c1-14(2)15(3)21-18(24)22-10-9-19(17(20)13-22)23(11-12-27-19)28(25,26)16-7-5-4-6-8-16/h4-8,14-15,17H,9-13H2,1-3H3,(H,21,24)/t15-,17?,19?/m0/s1. The summed E-state index contributed by atoms with van der Waals surface area (Å²) in [4.78, 5) is 13.9. The molecule has 9 heteroatoms. The third kappa shape index (κ3) is 3.75. The Kier molecular flexibility index (Phi) is 5.97. The van der Waals surface area contributed by atoms with Gasteiger partial charge < -0.3 is 15.0 Å². The van der Waals surface area contributed by atoms with Gasteiger partial charge in [0, 0.05) is 25.6 Å². The Balaban J connectivity index is 1.77. The van der Waals surface area contributed by atoms with E-state index in [1.165, 1.54) is 17.0 Å². The third-order valence-corrected chi connectivity index (χ3v) is 7.59. The predicted molar refractivity (Wildman–Crippen MR) is 103 cm³/mol. The second-order valence-corrected chi connectivity index (χ2v) is 9.59. The molecule has 0 radical (unpaired) electrons. The van der Waals surface area contributed by atoms with E-state index in [0.29, 0.717) is 0 Å². The lowest BCUT2D eigenvalue weighted by Crippen LogP contribution is -2.64. The number of benzene rings is 1. The topological polar surface area (TPSA) is 79.0 Å². The molecule has 0 saturated carbocycles. The molecule has 2 heterocycles. The molecule has 1 N–H and O–H groups in total. The highest BCUT2D eigenvalue weighted by Gasteiger charge is 2.57. The smallest absolute Gasteiger partial charge is 0.317 e. The number of piperidine rings is 1. The number of carbonyl (C=O) groups is 1. The molecular weight excluding hydrogens is 385 g/mol. The van der Waals surface area contributed by atoms with Crippen molar-refractivity contribution in [3.05, 3.63) is 30.3 Å². The molecule has 7 nitrogen and oxygen atoms in total. The van der Waals surface area contributed by atoms with Crippen LogP contribution in [0.2, 0.25) is 0 Å². The largest absolute Gasteiger partial charge is 0.355 e. The molecule has 1 aromatic rings. The van der Waals surface area contributed by atoms with Crippen molar-refractivity contribution in [3.63, 3.8) is 0 Å². The van der Waals surface area contributed by atoms with Crippen molar-refractivity contribution in [1.29, 1.82) is 0 Å². The summed E-state index contributed by atoms with van der Waals surface area (Å²) in [6, 6.07) is 7.59. The summed E-state index contributed by atoms with van der Waals surface area (Å²) >= 11 is 0. The average molecular weight is 414 g/mol. The number of sulfonamides is 1. The minimum absolute atomic E-state index is 0.0425. The zero-order valence-electron chi connectivity index (χ0n) is 16.5. The van der Waals surface area contributed by atoms with Gasteiger partial charge in [-0.1, -0.05) is 32.0 Å². The fourth-order valence-corrected chi connectivity index (χ4v) is 5.31. The van der Waals surface area contributed by atoms with E-state index in [0.717, 1.165) is 4.31 Å². The number of hydrogen-bond donors (Lipinski definition) is 1. The molecular formula is C19H28FN3O4S. The van der Waals surface area contributed by atoms with E-state index in [4.69, 9.17) is 4.74 Å². The van der Waals surface area contributed by atoms with Crippen LogP contribution in [0.4, 0.5) is 9.18 Å². The highest BCUT2D eigenvalue weighted by Crippen LogP contribution is 2.39. The fourth-order valence-electron chi connectivity index (χ4n) is 3.57. The molecule has 2 amide bonds. The molecule has 2 saturated heterocycles. The molecule has 3 rings (SSSR count). The number of alkyl halides is 1. The number of rotatable bonds is 4. The molecule has 3 atom stereocenters. The summed E-state index contributed by atoms with van der Waals surface area (Å²) in [5.41, 5.74) is -1.56. The molecule has 0 bridgehead atoms. The number of carbonyl (C=O) groups excluding carboxylic acids is 1. The van der Waals surface area contributed by atoms with Crippen molar-refractivity contribution in [2.45, 2.75) is 50.0 Å². The van der Waals surface area contributed by atoms with Gasteiger partial charge in [0.15, 0.2) is 11.9 Å². The van der Waals surface area contributed by atoms with Gasteiger partial charge in [0.1, 0.15) is 0 Å². The van der Waals surface area contributed by atoms with Crippen molar-refractivity contribution in [1.82, 2.24) is 14.5 Å². The Hall–Kier alpha value is -1.71. The van der Waals surface area contributed by atoms with Crippen LogP contribution in [0, 0.1) is 5.92 Å². The Labute approximate surface area is 165 Å². The van der Waals surface area contributed by atoms with Gasteiger partial charge in [-0.05, 0) is 25.0 Å². The fraction of sp³-hybridized carbons (Fsp3) is 0.632. The van der Waals surface area contributed by atoms with E-state index in [-0.39, 0.29) is 55.5 Å². The van der Waals surface area contributed by atoms with Crippen LogP contribution in [0.1, 0.15) is 27.2 Å². The summed E-state index contributed by atoms with van der Waals surface area (Å²) in [5.74, 6) is 0.255. The maximum absolute atomic E-state index is 15.3. The highest BCUT2D eigenvalue weighted by molar-refractivity contribution is 7.89. The van der Waals surface area contributed by atoms with Crippen molar-refractivity contribution < 1.29 is 22.3 Å². The average Bonchev–Trinajstić information content (AvgIpc) is 3.10. The van der Waals surface area contributed by atoms with Gasteiger partial charge in [0.25, 0.3) is 0 Å². The number of likely N-dealkylation sites (tertiary alicyclic amines) is 1. The summed E-state index contributed by atoms with van der Waals surface area (Å²) in [6.45, 7) is 6.11. The van der Waals surface area contributed by atoms with Crippen LogP contribution in [0.5, 0.6) is 0 Å². The predicted octanol–water partition coefficient (Wildman–Crippen LogP) is 2.20. The van der Waals surface area contributed by atoms with Crippen LogP contribution in [-0.2, 0) is 14.8 Å². The Morgan fingerprint density at radius 2 is 1.93 bits per heavy atom. The maximum Gasteiger partial charge on any atom is 0.317 e. The number of halogens is 1. The van der Waals surface area contributed by atoms with E-state index in [1.54, 1.807) is 18.2 Å². The molecule has 0 aliphatic carbocycles. The molecule has 156 valence electrons. The molecule has 1 spiro atoms.